The minimum absolute atomic E-state index is 0.0866. The Morgan fingerprint density at radius 2 is 1.76 bits per heavy atom. The van der Waals surface area contributed by atoms with Crippen LogP contribution in [0.1, 0.15) is 97.8 Å². The Kier molecular flexibility index (Phi) is 7.76. The van der Waals surface area contributed by atoms with Crippen LogP contribution in [0.15, 0.2) is 16.8 Å². The number of oxime groups is 1. The molecule has 5 aliphatic rings. The van der Waals surface area contributed by atoms with E-state index in [1.807, 2.05) is 0 Å². The van der Waals surface area contributed by atoms with E-state index in [-0.39, 0.29) is 35.2 Å². The number of carbonyl (C=O) groups is 3. The number of aliphatic carboxylic acids is 1. The highest BCUT2D eigenvalue weighted by atomic mass is 16.6. The van der Waals surface area contributed by atoms with E-state index in [1.165, 1.54) is 31.3 Å². The molecule has 0 saturated heterocycles. The van der Waals surface area contributed by atoms with E-state index >= 15 is 0 Å². The largest absolute Gasteiger partial charge is 0.481 e. The molecule has 6 atom stereocenters. The fourth-order valence-electron chi connectivity index (χ4n) is 9.41. The number of amides is 1. The van der Waals surface area contributed by atoms with Crippen LogP contribution in [0.3, 0.4) is 0 Å². The van der Waals surface area contributed by atoms with Crippen molar-refractivity contribution in [1.82, 2.24) is 5.32 Å². The lowest BCUT2D eigenvalue weighted by atomic mass is 9.46. The summed E-state index contributed by atoms with van der Waals surface area (Å²) in [6, 6.07) is 0. The summed E-state index contributed by atoms with van der Waals surface area (Å²) in [5, 5.41) is 16.4. The first-order valence-electron chi connectivity index (χ1n) is 15.0. The minimum atomic E-state index is -0.704. The number of nitrogens with zero attached hydrogens (tertiary/aromatic N) is 1. The number of carboxylic acids is 1. The molecule has 0 aromatic heterocycles. The molecule has 0 unspecified atom stereocenters. The predicted octanol–water partition coefficient (Wildman–Crippen LogP) is 5.53. The molecule has 0 aromatic rings. The Balaban J connectivity index is 1.13. The third-order valence-corrected chi connectivity index (χ3v) is 11.6. The van der Waals surface area contributed by atoms with Gasteiger partial charge < -0.3 is 15.3 Å². The van der Waals surface area contributed by atoms with E-state index in [1.54, 1.807) is 6.92 Å². The van der Waals surface area contributed by atoms with Crippen LogP contribution in [-0.4, -0.2) is 41.6 Å². The number of hydrogen-bond donors (Lipinski definition) is 2. The highest BCUT2D eigenvalue weighted by molar-refractivity contribution is 5.96. The summed E-state index contributed by atoms with van der Waals surface area (Å²) in [4.78, 5) is 41.2. The molecule has 0 aliphatic heterocycles. The van der Waals surface area contributed by atoms with E-state index in [0.717, 1.165) is 50.2 Å². The Morgan fingerprint density at radius 1 is 1.00 bits per heavy atom. The third kappa shape index (κ3) is 5.06. The van der Waals surface area contributed by atoms with Crippen molar-refractivity contribution in [2.75, 3.05) is 13.2 Å². The fraction of sp³-hybridized carbons (Fsp3) is 0.806. The van der Waals surface area contributed by atoms with Crippen molar-refractivity contribution >= 4 is 23.4 Å². The van der Waals surface area contributed by atoms with Gasteiger partial charge in [-0.05, 0) is 125 Å². The summed E-state index contributed by atoms with van der Waals surface area (Å²) in [6.07, 6.45) is 14.2. The third-order valence-electron chi connectivity index (χ3n) is 11.6. The van der Waals surface area contributed by atoms with E-state index in [4.69, 9.17) is 9.94 Å². The topological polar surface area (TPSA) is 105 Å². The number of allylic oxidation sites excluding steroid dienone is 2. The van der Waals surface area contributed by atoms with Crippen LogP contribution in [0.2, 0.25) is 0 Å². The van der Waals surface area contributed by atoms with Crippen LogP contribution in [0.25, 0.3) is 0 Å². The number of fused-ring (bicyclic) bond motifs is 5. The average Bonchev–Trinajstić information content (AvgIpc) is 3.25. The molecule has 7 nitrogen and oxygen atoms in total. The van der Waals surface area contributed by atoms with Gasteiger partial charge in [-0.2, -0.15) is 0 Å². The van der Waals surface area contributed by atoms with Crippen LogP contribution in [0.5, 0.6) is 0 Å². The molecule has 210 valence electrons. The van der Waals surface area contributed by atoms with Crippen molar-refractivity contribution in [1.29, 1.82) is 0 Å². The molecule has 0 heterocycles. The Labute approximate surface area is 227 Å². The van der Waals surface area contributed by atoms with Gasteiger partial charge in [0.25, 0.3) is 5.91 Å². The maximum Gasteiger partial charge on any atom is 0.306 e. The quantitative estimate of drug-likeness (QED) is 0.424. The summed E-state index contributed by atoms with van der Waals surface area (Å²) in [7, 11) is 0. The first-order chi connectivity index (χ1) is 18.1. The summed E-state index contributed by atoms with van der Waals surface area (Å²) >= 11 is 0. The van der Waals surface area contributed by atoms with E-state index < -0.39 is 5.97 Å². The highest BCUT2D eigenvalue weighted by Crippen LogP contribution is 2.66. The number of carbonyl (C=O) groups excluding carboxylic acids is 2. The van der Waals surface area contributed by atoms with E-state index in [9.17, 15) is 14.4 Å². The molecule has 4 fully saturated rings. The second kappa shape index (κ2) is 10.8. The number of Topliss-reactive ketones (excluding diaryl/α,β-unsaturated/α-hetero) is 1. The highest BCUT2D eigenvalue weighted by Gasteiger charge is 2.59. The van der Waals surface area contributed by atoms with Gasteiger partial charge in [0.15, 0.2) is 6.61 Å². The van der Waals surface area contributed by atoms with Gasteiger partial charge in [0.2, 0.25) is 0 Å². The second-order valence-electron chi connectivity index (χ2n) is 13.5. The predicted molar refractivity (Wildman–Crippen MR) is 145 cm³/mol. The standard InChI is InChI=1S/C31H46N2O5/c1-19(34)25-10-11-26-24-9-8-22-16-23(12-14-30(22,2)27(24)13-15-31(25,26)3)33-38-18-28(35)32-17-20-4-6-21(7-5-20)29(36)37/h16,20-21,24-27H,4-15,17-18H2,1-3H3,(H,32,35)(H,36,37)/t20?,21?,24-,25+,26-,27-,30-,31+/m0/s1. The number of ketones is 1. The smallest absolute Gasteiger partial charge is 0.306 e. The van der Waals surface area contributed by atoms with Gasteiger partial charge in [0.1, 0.15) is 5.78 Å². The van der Waals surface area contributed by atoms with Crippen molar-refractivity contribution in [3.05, 3.63) is 11.6 Å². The van der Waals surface area contributed by atoms with Crippen LogP contribution < -0.4 is 5.32 Å². The normalized spacial score (nSPS) is 41.3. The maximum atomic E-state index is 12.4. The molecule has 38 heavy (non-hydrogen) atoms. The lowest BCUT2D eigenvalue weighted by Gasteiger charge is -2.58. The Bertz CT molecular complexity index is 1010. The minimum Gasteiger partial charge on any atom is -0.481 e. The van der Waals surface area contributed by atoms with Gasteiger partial charge in [-0.3, -0.25) is 14.4 Å². The van der Waals surface area contributed by atoms with Gasteiger partial charge in [0, 0.05) is 12.5 Å². The van der Waals surface area contributed by atoms with Gasteiger partial charge in [-0.15, -0.1) is 0 Å². The summed E-state index contributed by atoms with van der Waals surface area (Å²) < 4.78 is 0. The average molecular weight is 527 g/mol. The molecule has 0 aromatic carbocycles. The number of carboxylic acid groups (broad SMARTS) is 1. The number of nitrogens with one attached hydrogen (secondary N) is 1. The van der Waals surface area contributed by atoms with Crippen LogP contribution in [0, 0.1) is 46.3 Å². The zero-order valence-corrected chi connectivity index (χ0v) is 23.5. The monoisotopic (exact) mass is 526 g/mol. The molecular weight excluding hydrogens is 480 g/mol. The molecule has 5 aliphatic carbocycles. The van der Waals surface area contributed by atoms with E-state index in [2.05, 4.69) is 30.4 Å². The lowest BCUT2D eigenvalue weighted by Crippen LogP contribution is -2.51. The molecule has 0 radical (unpaired) electrons. The van der Waals surface area contributed by atoms with Crippen molar-refractivity contribution in [3.63, 3.8) is 0 Å². The summed E-state index contributed by atoms with van der Waals surface area (Å²) in [5.41, 5.74) is 2.83. The van der Waals surface area contributed by atoms with Gasteiger partial charge in [-0.25, -0.2) is 0 Å². The maximum absolute atomic E-state index is 12.4. The SMILES string of the molecule is CC(=O)[C@H]1CC[C@H]2[C@@H]3CCC4=CC(=NOCC(=O)NCC5CCC(C(=O)O)CC5)CC[C@]4(C)[C@H]3CC[C@]12C. The van der Waals surface area contributed by atoms with Crippen molar-refractivity contribution < 1.29 is 24.3 Å². The van der Waals surface area contributed by atoms with Crippen molar-refractivity contribution in [2.45, 2.75) is 97.8 Å². The van der Waals surface area contributed by atoms with E-state index in [0.29, 0.717) is 42.9 Å². The zero-order chi connectivity index (χ0) is 27.1. The molecular formula is C31H46N2O5. The van der Waals surface area contributed by atoms with Crippen molar-refractivity contribution in [3.8, 4) is 0 Å². The number of hydrogen-bond acceptors (Lipinski definition) is 5. The first kappa shape index (κ1) is 27.4. The molecule has 4 saturated carbocycles. The molecule has 0 spiro atoms. The van der Waals surface area contributed by atoms with Gasteiger partial charge in [0.05, 0.1) is 11.6 Å². The fourth-order valence-corrected chi connectivity index (χ4v) is 9.41. The van der Waals surface area contributed by atoms with Crippen LogP contribution in [0.4, 0.5) is 0 Å². The zero-order valence-electron chi connectivity index (χ0n) is 23.5. The first-order valence-corrected chi connectivity index (χ1v) is 15.0. The van der Waals surface area contributed by atoms with Crippen LogP contribution >= 0.6 is 0 Å². The molecule has 7 heteroatoms. The van der Waals surface area contributed by atoms with Gasteiger partial charge >= 0.3 is 5.97 Å². The Hall–Kier alpha value is -2.18. The molecule has 2 N–H and O–H groups in total. The van der Waals surface area contributed by atoms with Gasteiger partial charge in [-0.1, -0.05) is 24.6 Å². The lowest BCUT2D eigenvalue weighted by molar-refractivity contribution is -0.143. The Morgan fingerprint density at radius 3 is 2.47 bits per heavy atom. The number of rotatable bonds is 7. The molecule has 0 bridgehead atoms. The molecule has 5 rings (SSSR count). The second-order valence-corrected chi connectivity index (χ2v) is 13.5. The summed E-state index contributed by atoms with van der Waals surface area (Å²) in [6.45, 7) is 7.16. The summed E-state index contributed by atoms with van der Waals surface area (Å²) in [5.74, 6) is 1.96. The molecule has 1 amide bonds. The van der Waals surface area contributed by atoms with Crippen LogP contribution in [-0.2, 0) is 19.2 Å². The van der Waals surface area contributed by atoms with Crippen molar-refractivity contribution in [2.24, 2.45) is 51.5 Å².